The van der Waals surface area contributed by atoms with Crippen LogP contribution in [-0.4, -0.2) is 41.5 Å². The van der Waals surface area contributed by atoms with Crippen LogP contribution in [0.4, 0.5) is 16.2 Å². The molecule has 146 valence electrons. The van der Waals surface area contributed by atoms with Gasteiger partial charge in [-0.3, -0.25) is 4.79 Å². The molecule has 7 heteroatoms. The molecule has 2 aliphatic heterocycles. The minimum atomic E-state index is -0.180. The molecule has 3 amide bonds. The lowest BCUT2D eigenvalue weighted by molar-refractivity contribution is -0.118. The first-order chi connectivity index (χ1) is 14.2. The summed E-state index contributed by atoms with van der Waals surface area (Å²) >= 11 is 0. The predicted octanol–water partition coefficient (Wildman–Crippen LogP) is 3.82. The maximum absolute atomic E-state index is 12.7. The first kappa shape index (κ1) is 17.4. The molecule has 0 atom stereocenters. The van der Waals surface area contributed by atoms with Crippen molar-refractivity contribution in [2.45, 2.75) is 6.42 Å². The molecule has 1 aromatic heterocycles. The van der Waals surface area contributed by atoms with Gasteiger partial charge in [-0.1, -0.05) is 24.3 Å². The number of anilines is 2. The van der Waals surface area contributed by atoms with Crippen molar-refractivity contribution >= 4 is 39.8 Å². The Morgan fingerprint density at radius 3 is 2.93 bits per heavy atom. The molecule has 29 heavy (non-hydrogen) atoms. The highest BCUT2D eigenvalue weighted by Crippen LogP contribution is 2.31. The number of benzene rings is 2. The molecule has 0 saturated heterocycles. The number of hydrogen-bond donors (Lipinski definition) is 3. The number of carbonyl (C=O) groups is 2. The SMILES string of the molecule is O=C1COc2cc(NC(=O)N3CC=C(c4c[nH]c5ccccc45)CC3)ccc2N1. The Balaban J connectivity index is 1.27. The smallest absolute Gasteiger partial charge is 0.322 e. The summed E-state index contributed by atoms with van der Waals surface area (Å²) in [6.07, 6.45) is 4.96. The maximum atomic E-state index is 12.7. The second-order valence-corrected chi connectivity index (χ2v) is 7.15. The molecule has 0 radical (unpaired) electrons. The number of aromatic amines is 1. The first-order valence-corrected chi connectivity index (χ1v) is 9.55. The number of ether oxygens (including phenoxy) is 1. The van der Waals surface area contributed by atoms with Crippen LogP contribution in [0.2, 0.25) is 0 Å². The number of fused-ring (bicyclic) bond motifs is 2. The molecular formula is C22H20N4O3. The normalized spacial score (nSPS) is 15.9. The molecular weight excluding hydrogens is 368 g/mol. The van der Waals surface area contributed by atoms with Gasteiger partial charge in [0, 0.05) is 47.5 Å². The summed E-state index contributed by atoms with van der Waals surface area (Å²) in [7, 11) is 0. The van der Waals surface area contributed by atoms with E-state index in [2.05, 4.69) is 33.8 Å². The Morgan fingerprint density at radius 2 is 2.07 bits per heavy atom. The topological polar surface area (TPSA) is 86.5 Å². The summed E-state index contributed by atoms with van der Waals surface area (Å²) < 4.78 is 5.40. The van der Waals surface area contributed by atoms with Crippen LogP contribution >= 0.6 is 0 Å². The zero-order valence-corrected chi connectivity index (χ0v) is 15.7. The molecule has 0 bridgehead atoms. The van der Waals surface area contributed by atoms with Gasteiger partial charge in [-0.15, -0.1) is 0 Å². The van der Waals surface area contributed by atoms with E-state index in [0.29, 0.717) is 30.2 Å². The molecule has 3 aromatic rings. The molecule has 0 spiro atoms. The molecule has 2 aromatic carbocycles. The number of para-hydroxylation sites is 1. The van der Waals surface area contributed by atoms with Crippen LogP contribution in [0.15, 0.2) is 54.7 Å². The van der Waals surface area contributed by atoms with Gasteiger partial charge in [-0.25, -0.2) is 4.79 Å². The number of rotatable bonds is 2. The van der Waals surface area contributed by atoms with E-state index in [-0.39, 0.29) is 18.5 Å². The van der Waals surface area contributed by atoms with Crippen molar-refractivity contribution in [2.24, 2.45) is 0 Å². The van der Waals surface area contributed by atoms with E-state index < -0.39 is 0 Å². The van der Waals surface area contributed by atoms with E-state index in [1.54, 1.807) is 23.1 Å². The minimum Gasteiger partial charge on any atom is -0.482 e. The van der Waals surface area contributed by atoms with E-state index >= 15 is 0 Å². The molecule has 0 fully saturated rings. The van der Waals surface area contributed by atoms with E-state index in [9.17, 15) is 9.59 Å². The fourth-order valence-corrected chi connectivity index (χ4v) is 3.79. The maximum Gasteiger partial charge on any atom is 0.322 e. The first-order valence-electron chi connectivity index (χ1n) is 9.55. The molecule has 7 nitrogen and oxygen atoms in total. The van der Waals surface area contributed by atoms with Crippen LogP contribution in [0.3, 0.4) is 0 Å². The van der Waals surface area contributed by atoms with Gasteiger partial charge < -0.3 is 25.3 Å². The standard InChI is InChI=1S/C22H20N4O3/c27-21-13-29-20-11-15(5-6-19(20)25-21)24-22(28)26-9-7-14(8-10-26)17-12-23-18-4-2-1-3-16(17)18/h1-7,11-12,23H,8-10,13H2,(H,24,28)(H,25,27). The van der Waals surface area contributed by atoms with E-state index in [0.717, 1.165) is 11.9 Å². The lowest BCUT2D eigenvalue weighted by Crippen LogP contribution is -2.37. The van der Waals surface area contributed by atoms with Crippen molar-refractivity contribution in [2.75, 3.05) is 30.3 Å². The van der Waals surface area contributed by atoms with E-state index in [4.69, 9.17) is 4.74 Å². The highest BCUT2D eigenvalue weighted by molar-refractivity contribution is 5.97. The monoisotopic (exact) mass is 388 g/mol. The van der Waals surface area contributed by atoms with E-state index in [1.807, 2.05) is 18.3 Å². The fraction of sp³-hybridized carbons (Fsp3) is 0.182. The van der Waals surface area contributed by atoms with Gasteiger partial charge in [-0.2, -0.15) is 0 Å². The van der Waals surface area contributed by atoms with Gasteiger partial charge in [0.15, 0.2) is 6.61 Å². The van der Waals surface area contributed by atoms with Crippen LogP contribution in [0.1, 0.15) is 12.0 Å². The summed E-state index contributed by atoms with van der Waals surface area (Å²) in [6.45, 7) is 1.19. The van der Waals surface area contributed by atoms with Gasteiger partial charge >= 0.3 is 6.03 Å². The van der Waals surface area contributed by atoms with Crippen molar-refractivity contribution in [1.29, 1.82) is 0 Å². The second-order valence-electron chi connectivity index (χ2n) is 7.15. The third kappa shape index (κ3) is 3.31. The lowest BCUT2D eigenvalue weighted by atomic mass is 9.99. The Hall–Kier alpha value is -3.74. The van der Waals surface area contributed by atoms with Gasteiger partial charge in [0.25, 0.3) is 5.91 Å². The van der Waals surface area contributed by atoms with Gasteiger partial charge in [-0.05, 0) is 30.2 Å². The van der Waals surface area contributed by atoms with Crippen molar-refractivity contribution in [3.63, 3.8) is 0 Å². The Bertz CT molecular complexity index is 1150. The van der Waals surface area contributed by atoms with Crippen LogP contribution in [0.25, 0.3) is 16.5 Å². The van der Waals surface area contributed by atoms with Gasteiger partial charge in [0.2, 0.25) is 0 Å². The van der Waals surface area contributed by atoms with Gasteiger partial charge in [0.05, 0.1) is 5.69 Å². The summed E-state index contributed by atoms with van der Waals surface area (Å²) in [6, 6.07) is 13.3. The third-order valence-electron chi connectivity index (χ3n) is 5.30. The van der Waals surface area contributed by atoms with Crippen LogP contribution < -0.4 is 15.4 Å². The predicted molar refractivity (Wildman–Crippen MR) is 112 cm³/mol. The Labute approximate surface area is 167 Å². The van der Waals surface area contributed by atoms with Crippen LogP contribution in [-0.2, 0) is 4.79 Å². The zero-order valence-electron chi connectivity index (χ0n) is 15.7. The molecule has 0 saturated carbocycles. The van der Waals surface area contributed by atoms with Gasteiger partial charge in [0.1, 0.15) is 5.75 Å². The van der Waals surface area contributed by atoms with Crippen molar-refractivity contribution in [1.82, 2.24) is 9.88 Å². The van der Waals surface area contributed by atoms with Crippen LogP contribution in [0, 0.1) is 0 Å². The number of nitrogens with zero attached hydrogens (tertiary/aromatic N) is 1. The summed E-state index contributed by atoms with van der Waals surface area (Å²) in [4.78, 5) is 29.1. The van der Waals surface area contributed by atoms with E-state index in [1.165, 1.54) is 16.5 Å². The number of H-pyrrole nitrogens is 1. The minimum absolute atomic E-state index is 0.0159. The molecule has 3 N–H and O–H groups in total. The van der Waals surface area contributed by atoms with Crippen molar-refractivity contribution in [3.05, 3.63) is 60.3 Å². The average Bonchev–Trinajstić information content (AvgIpc) is 3.18. The largest absolute Gasteiger partial charge is 0.482 e. The molecule has 3 heterocycles. The summed E-state index contributed by atoms with van der Waals surface area (Å²) in [5, 5.41) is 6.85. The number of urea groups is 1. The Kier molecular flexibility index (Phi) is 4.20. The molecule has 0 aliphatic carbocycles. The number of carbonyl (C=O) groups excluding carboxylic acids is 2. The van der Waals surface area contributed by atoms with Crippen LogP contribution in [0.5, 0.6) is 5.75 Å². The average molecular weight is 388 g/mol. The molecule has 5 rings (SSSR count). The number of nitrogens with one attached hydrogen (secondary N) is 3. The highest BCUT2D eigenvalue weighted by Gasteiger charge is 2.21. The third-order valence-corrected chi connectivity index (χ3v) is 5.30. The van der Waals surface area contributed by atoms with Crippen molar-refractivity contribution < 1.29 is 14.3 Å². The van der Waals surface area contributed by atoms with Crippen molar-refractivity contribution in [3.8, 4) is 5.75 Å². The Morgan fingerprint density at radius 1 is 1.17 bits per heavy atom. The molecule has 0 unspecified atom stereocenters. The zero-order chi connectivity index (χ0) is 19.8. The number of aromatic nitrogens is 1. The highest BCUT2D eigenvalue weighted by atomic mass is 16.5. The second kappa shape index (κ2) is 7.01. The fourth-order valence-electron chi connectivity index (χ4n) is 3.79. The summed E-state index contributed by atoms with van der Waals surface area (Å²) in [5.74, 6) is 0.378. The number of hydrogen-bond acceptors (Lipinski definition) is 3. The quantitative estimate of drug-likeness (QED) is 0.624. The molecule has 2 aliphatic rings. The number of amides is 3. The lowest BCUT2D eigenvalue weighted by Gasteiger charge is -2.27. The summed E-state index contributed by atoms with van der Waals surface area (Å²) in [5.41, 5.74) is 4.83.